The van der Waals surface area contributed by atoms with E-state index in [9.17, 15) is 0 Å². The summed E-state index contributed by atoms with van der Waals surface area (Å²) in [5.74, 6) is 6.84. The van der Waals surface area contributed by atoms with Crippen LogP contribution >= 0.6 is 0 Å². The van der Waals surface area contributed by atoms with Crippen molar-refractivity contribution in [3.63, 3.8) is 0 Å². The van der Waals surface area contributed by atoms with Gasteiger partial charge >= 0.3 is 0 Å². The quantitative estimate of drug-likeness (QED) is 0.592. The van der Waals surface area contributed by atoms with Gasteiger partial charge in [0.25, 0.3) is 0 Å². The minimum absolute atomic E-state index is 0.657. The molecule has 1 aliphatic rings. The molecule has 0 heterocycles. The molecule has 1 aliphatic carbocycles. The Kier molecular flexibility index (Phi) is 6.37. The molecule has 1 atom stereocenters. The molecule has 0 fully saturated rings. The standard InChI is InChI=1S/C21H30N2/c1-5-20-14-18(10-11-21(20)16(2)3)12-13-23(22)15-19-8-6-17(4)7-9-19/h6,8-11,14,17H,2,5,7,12-13,15,22H2,1,3-4H3. The molecule has 0 saturated carbocycles. The van der Waals surface area contributed by atoms with Crippen LogP contribution in [0.4, 0.5) is 0 Å². The summed E-state index contributed by atoms with van der Waals surface area (Å²) in [5.41, 5.74) is 6.48. The molecule has 0 aliphatic heterocycles. The van der Waals surface area contributed by atoms with E-state index >= 15 is 0 Å². The van der Waals surface area contributed by atoms with Gasteiger partial charge in [-0.05, 0) is 54.4 Å². The van der Waals surface area contributed by atoms with Crippen LogP contribution in [0.2, 0.25) is 0 Å². The lowest BCUT2D eigenvalue weighted by atomic mass is 9.96. The van der Waals surface area contributed by atoms with Gasteiger partial charge < -0.3 is 0 Å². The SMILES string of the molecule is C=C(C)c1ccc(CCN(N)CC2=CCC(C)C=C2)cc1CC. The Morgan fingerprint density at radius 2 is 2.17 bits per heavy atom. The Hall–Kier alpha value is -1.64. The molecule has 0 radical (unpaired) electrons. The molecule has 0 bridgehead atoms. The number of aryl methyl sites for hydroxylation is 1. The largest absolute Gasteiger partial charge is 0.268 e. The van der Waals surface area contributed by atoms with Crippen molar-refractivity contribution in [2.45, 2.75) is 40.0 Å². The predicted octanol–water partition coefficient (Wildman–Crippen LogP) is 4.52. The maximum Gasteiger partial charge on any atom is 0.0376 e. The van der Waals surface area contributed by atoms with Gasteiger partial charge in [0.2, 0.25) is 0 Å². The van der Waals surface area contributed by atoms with E-state index in [1.165, 1.54) is 22.3 Å². The van der Waals surface area contributed by atoms with Crippen LogP contribution in [0.25, 0.3) is 5.57 Å². The van der Waals surface area contributed by atoms with Crippen LogP contribution in [-0.2, 0) is 12.8 Å². The lowest BCUT2D eigenvalue weighted by Gasteiger charge is -2.20. The summed E-state index contributed by atoms with van der Waals surface area (Å²) >= 11 is 0. The van der Waals surface area contributed by atoms with E-state index in [-0.39, 0.29) is 0 Å². The van der Waals surface area contributed by atoms with Gasteiger partial charge in [0.15, 0.2) is 0 Å². The summed E-state index contributed by atoms with van der Waals surface area (Å²) in [6.45, 7) is 12.3. The van der Waals surface area contributed by atoms with Gasteiger partial charge in [-0.2, -0.15) is 0 Å². The number of rotatable bonds is 7. The zero-order valence-electron chi connectivity index (χ0n) is 14.8. The molecule has 0 amide bonds. The average molecular weight is 310 g/mol. The normalized spacial score (nSPS) is 17.4. The summed E-state index contributed by atoms with van der Waals surface area (Å²) < 4.78 is 0. The van der Waals surface area contributed by atoms with Crippen LogP contribution < -0.4 is 5.84 Å². The third-order valence-corrected chi connectivity index (χ3v) is 4.47. The Bertz CT molecular complexity index is 610. The van der Waals surface area contributed by atoms with E-state index in [4.69, 9.17) is 5.84 Å². The number of hydrogen-bond acceptors (Lipinski definition) is 2. The van der Waals surface area contributed by atoms with Gasteiger partial charge in [0.1, 0.15) is 0 Å². The van der Waals surface area contributed by atoms with Gasteiger partial charge in [0, 0.05) is 13.1 Å². The fourth-order valence-electron chi connectivity index (χ4n) is 2.99. The van der Waals surface area contributed by atoms with E-state index in [0.29, 0.717) is 5.92 Å². The van der Waals surface area contributed by atoms with Crippen LogP contribution in [0.1, 0.15) is 43.9 Å². The first-order valence-corrected chi connectivity index (χ1v) is 8.64. The Balaban J connectivity index is 1.90. The number of hydrazine groups is 1. The Labute approximate surface area is 141 Å². The molecule has 2 nitrogen and oxygen atoms in total. The molecule has 0 spiro atoms. The summed E-state index contributed by atoms with van der Waals surface area (Å²) in [6, 6.07) is 6.71. The molecular weight excluding hydrogens is 280 g/mol. The molecule has 124 valence electrons. The molecule has 23 heavy (non-hydrogen) atoms. The van der Waals surface area contributed by atoms with Crippen LogP contribution in [-0.4, -0.2) is 18.1 Å². The summed E-state index contributed by atoms with van der Waals surface area (Å²) in [5, 5.41) is 1.92. The molecule has 2 heteroatoms. The number of benzene rings is 1. The summed E-state index contributed by atoms with van der Waals surface area (Å²) in [4.78, 5) is 0. The van der Waals surface area contributed by atoms with Crippen molar-refractivity contribution in [1.29, 1.82) is 0 Å². The highest BCUT2D eigenvalue weighted by Crippen LogP contribution is 2.20. The topological polar surface area (TPSA) is 29.3 Å². The van der Waals surface area contributed by atoms with Crippen molar-refractivity contribution in [3.8, 4) is 0 Å². The fraction of sp³-hybridized carbons (Fsp3) is 0.429. The van der Waals surface area contributed by atoms with Crippen molar-refractivity contribution in [3.05, 3.63) is 65.3 Å². The zero-order valence-corrected chi connectivity index (χ0v) is 14.8. The van der Waals surface area contributed by atoms with Gasteiger partial charge in [-0.1, -0.05) is 62.4 Å². The second kappa shape index (κ2) is 8.28. The van der Waals surface area contributed by atoms with Crippen LogP contribution in [0.5, 0.6) is 0 Å². The van der Waals surface area contributed by atoms with E-state index in [1.807, 2.05) is 5.01 Å². The van der Waals surface area contributed by atoms with Gasteiger partial charge in [-0.15, -0.1) is 0 Å². The van der Waals surface area contributed by atoms with Crippen molar-refractivity contribution >= 4 is 5.57 Å². The van der Waals surface area contributed by atoms with Crippen molar-refractivity contribution < 1.29 is 0 Å². The van der Waals surface area contributed by atoms with Gasteiger partial charge in [-0.25, -0.2) is 5.01 Å². The maximum absolute atomic E-state index is 6.18. The lowest BCUT2D eigenvalue weighted by molar-refractivity contribution is 0.313. The minimum Gasteiger partial charge on any atom is -0.268 e. The van der Waals surface area contributed by atoms with E-state index in [0.717, 1.165) is 37.9 Å². The van der Waals surface area contributed by atoms with Crippen LogP contribution in [0, 0.1) is 5.92 Å². The number of allylic oxidation sites excluding steroid dienone is 3. The number of nitrogens with zero attached hydrogens (tertiary/aromatic N) is 1. The van der Waals surface area contributed by atoms with Crippen molar-refractivity contribution in [2.75, 3.05) is 13.1 Å². The highest BCUT2D eigenvalue weighted by atomic mass is 15.4. The Morgan fingerprint density at radius 3 is 2.78 bits per heavy atom. The third kappa shape index (κ3) is 5.19. The second-order valence-electron chi connectivity index (χ2n) is 6.70. The molecule has 1 aromatic rings. The predicted molar refractivity (Wildman–Crippen MR) is 101 cm³/mol. The van der Waals surface area contributed by atoms with Gasteiger partial charge in [-0.3, -0.25) is 5.84 Å². The molecule has 2 rings (SSSR count). The van der Waals surface area contributed by atoms with Crippen LogP contribution in [0.15, 0.2) is 48.6 Å². The monoisotopic (exact) mass is 310 g/mol. The van der Waals surface area contributed by atoms with Gasteiger partial charge in [0.05, 0.1) is 0 Å². The third-order valence-electron chi connectivity index (χ3n) is 4.47. The van der Waals surface area contributed by atoms with Crippen molar-refractivity contribution in [1.82, 2.24) is 5.01 Å². The molecule has 0 saturated heterocycles. The minimum atomic E-state index is 0.657. The van der Waals surface area contributed by atoms with E-state index < -0.39 is 0 Å². The fourth-order valence-corrected chi connectivity index (χ4v) is 2.99. The second-order valence-corrected chi connectivity index (χ2v) is 6.70. The number of nitrogens with two attached hydrogens (primary N) is 1. The average Bonchev–Trinajstić information content (AvgIpc) is 2.54. The van der Waals surface area contributed by atoms with E-state index in [1.54, 1.807) is 0 Å². The smallest absolute Gasteiger partial charge is 0.0376 e. The first-order chi connectivity index (χ1) is 11.0. The highest BCUT2D eigenvalue weighted by molar-refractivity contribution is 5.65. The molecular formula is C21H30N2. The first-order valence-electron chi connectivity index (χ1n) is 8.64. The Morgan fingerprint density at radius 1 is 1.39 bits per heavy atom. The van der Waals surface area contributed by atoms with Crippen LogP contribution in [0.3, 0.4) is 0 Å². The molecule has 1 aromatic carbocycles. The lowest BCUT2D eigenvalue weighted by Crippen LogP contribution is -2.34. The zero-order chi connectivity index (χ0) is 16.8. The van der Waals surface area contributed by atoms with Crippen molar-refractivity contribution in [2.24, 2.45) is 11.8 Å². The maximum atomic E-state index is 6.18. The molecule has 2 N–H and O–H groups in total. The molecule has 1 unspecified atom stereocenters. The first kappa shape index (κ1) is 17.7. The highest BCUT2D eigenvalue weighted by Gasteiger charge is 2.08. The summed E-state index contributed by atoms with van der Waals surface area (Å²) in [6.07, 6.45) is 9.94. The number of hydrogen-bond donors (Lipinski definition) is 1. The van der Waals surface area contributed by atoms with E-state index in [2.05, 4.69) is 63.8 Å². The molecule has 0 aromatic heterocycles. The summed E-state index contributed by atoms with van der Waals surface area (Å²) in [7, 11) is 0.